The second-order valence-corrected chi connectivity index (χ2v) is 4.41. The van der Waals surface area contributed by atoms with Crippen LogP contribution in [0, 0.1) is 5.92 Å². The number of halogens is 1. The second kappa shape index (κ2) is 6.21. The number of nitrogens with one attached hydrogen (secondary N) is 1. The molecule has 0 radical (unpaired) electrons. The second-order valence-electron chi connectivity index (χ2n) is 4.41. The van der Waals surface area contributed by atoms with Gasteiger partial charge in [0.2, 0.25) is 0 Å². The van der Waals surface area contributed by atoms with E-state index in [0.717, 1.165) is 19.3 Å². The molecule has 1 aliphatic heterocycles. The Morgan fingerprint density at radius 3 is 2.47 bits per heavy atom. The number of methoxy groups -OCH3 is 1. The zero-order valence-corrected chi connectivity index (χ0v) is 10.6. The molecule has 0 spiro atoms. The van der Waals surface area contributed by atoms with Crippen LogP contribution in [0.5, 0.6) is 0 Å². The Morgan fingerprint density at radius 2 is 1.94 bits per heavy atom. The first kappa shape index (κ1) is 14.3. The van der Waals surface area contributed by atoms with Crippen LogP contribution in [0.25, 0.3) is 0 Å². The van der Waals surface area contributed by atoms with Crippen LogP contribution < -0.4 is 5.32 Å². The van der Waals surface area contributed by atoms with Gasteiger partial charge >= 0.3 is 11.9 Å². The molecule has 0 amide bonds. The standard InChI is InChI=1S/C11H17NO4.ClH/c1-15-11(14)9-5-8(6-12-9)16-10(13)7-3-2-4-7;/h7-9,12H,2-6H2,1H3;1H/t8-,9+;/m1./s1. The third kappa shape index (κ3) is 3.33. The van der Waals surface area contributed by atoms with Crippen molar-refractivity contribution in [1.29, 1.82) is 0 Å². The number of hydrogen-bond donors (Lipinski definition) is 1. The Balaban J connectivity index is 0.00000144. The van der Waals surface area contributed by atoms with Crippen molar-refractivity contribution >= 4 is 24.3 Å². The van der Waals surface area contributed by atoms with Crippen LogP contribution in [0.3, 0.4) is 0 Å². The lowest BCUT2D eigenvalue weighted by Crippen LogP contribution is -2.31. The quantitative estimate of drug-likeness (QED) is 0.758. The molecule has 2 fully saturated rings. The molecule has 2 atom stereocenters. The maximum absolute atomic E-state index is 11.6. The fourth-order valence-corrected chi connectivity index (χ4v) is 2.02. The number of hydrogen-bond acceptors (Lipinski definition) is 5. The fourth-order valence-electron chi connectivity index (χ4n) is 2.02. The third-order valence-electron chi connectivity index (χ3n) is 3.30. The van der Waals surface area contributed by atoms with Gasteiger partial charge in [-0.2, -0.15) is 0 Å². The minimum absolute atomic E-state index is 0. The van der Waals surface area contributed by atoms with Crippen LogP contribution >= 0.6 is 12.4 Å². The zero-order chi connectivity index (χ0) is 11.5. The zero-order valence-electron chi connectivity index (χ0n) is 9.81. The lowest BCUT2D eigenvalue weighted by Gasteiger charge is -2.24. The summed E-state index contributed by atoms with van der Waals surface area (Å²) in [6.45, 7) is 0.540. The van der Waals surface area contributed by atoms with Gasteiger partial charge in [0.05, 0.1) is 13.0 Å². The Hall–Kier alpha value is -0.810. The van der Waals surface area contributed by atoms with Gasteiger partial charge in [0, 0.05) is 13.0 Å². The molecule has 0 aromatic carbocycles. The van der Waals surface area contributed by atoms with E-state index >= 15 is 0 Å². The number of rotatable bonds is 3. The van der Waals surface area contributed by atoms with Crippen molar-refractivity contribution < 1.29 is 19.1 Å². The first-order valence-corrected chi connectivity index (χ1v) is 5.72. The molecule has 5 nitrogen and oxygen atoms in total. The summed E-state index contributed by atoms with van der Waals surface area (Å²) in [7, 11) is 1.36. The number of carbonyl (C=O) groups excluding carboxylic acids is 2. The predicted octanol–water partition coefficient (Wildman–Crippen LogP) is 0.655. The molecule has 0 bridgehead atoms. The van der Waals surface area contributed by atoms with E-state index in [1.54, 1.807) is 0 Å². The van der Waals surface area contributed by atoms with E-state index in [-0.39, 0.29) is 42.4 Å². The largest absolute Gasteiger partial charge is 0.468 e. The molecule has 17 heavy (non-hydrogen) atoms. The molecule has 1 N–H and O–H groups in total. The summed E-state index contributed by atoms with van der Waals surface area (Å²) in [5.41, 5.74) is 0. The molecular weight excluding hydrogens is 246 g/mol. The van der Waals surface area contributed by atoms with E-state index in [0.29, 0.717) is 13.0 Å². The summed E-state index contributed by atoms with van der Waals surface area (Å²) >= 11 is 0. The van der Waals surface area contributed by atoms with Crippen LogP contribution in [0.4, 0.5) is 0 Å². The highest BCUT2D eigenvalue weighted by atomic mass is 35.5. The molecule has 0 aromatic heterocycles. The van der Waals surface area contributed by atoms with Gasteiger partial charge in [0.1, 0.15) is 12.1 Å². The summed E-state index contributed by atoms with van der Waals surface area (Å²) in [4.78, 5) is 22.8. The highest BCUT2D eigenvalue weighted by Crippen LogP contribution is 2.28. The van der Waals surface area contributed by atoms with E-state index in [1.165, 1.54) is 7.11 Å². The van der Waals surface area contributed by atoms with Crippen molar-refractivity contribution in [3.63, 3.8) is 0 Å². The molecule has 1 saturated carbocycles. The maximum Gasteiger partial charge on any atom is 0.323 e. The van der Waals surface area contributed by atoms with E-state index in [1.807, 2.05) is 0 Å². The Morgan fingerprint density at radius 1 is 1.24 bits per heavy atom. The van der Waals surface area contributed by atoms with Gasteiger partial charge in [-0.05, 0) is 12.8 Å². The Kier molecular flexibility index (Phi) is 5.21. The van der Waals surface area contributed by atoms with Gasteiger partial charge in [-0.15, -0.1) is 12.4 Å². The van der Waals surface area contributed by atoms with Gasteiger partial charge in [0.25, 0.3) is 0 Å². The predicted molar refractivity (Wildman–Crippen MR) is 62.9 cm³/mol. The van der Waals surface area contributed by atoms with Crippen molar-refractivity contribution in [3.05, 3.63) is 0 Å². The summed E-state index contributed by atoms with van der Waals surface area (Å²) in [6, 6.07) is -0.329. The summed E-state index contributed by atoms with van der Waals surface area (Å²) < 4.78 is 9.96. The topological polar surface area (TPSA) is 64.6 Å². The van der Waals surface area contributed by atoms with Crippen LogP contribution in [0.15, 0.2) is 0 Å². The van der Waals surface area contributed by atoms with Crippen LogP contribution in [0.2, 0.25) is 0 Å². The Labute approximate surface area is 107 Å². The highest BCUT2D eigenvalue weighted by molar-refractivity contribution is 5.85. The van der Waals surface area contributed by atoms with Crippen molar-refractivity contribution in [3.8, 4) is 0 Å². The van der Waals surface area contributed by atoms with Gasteiger partial charge in [-0.3, -0.25) is 9.59 Å². The van der Waals surface area contributed by atoms with Crippen LogP contribution in [-0.2, 0) is 19.1 Å². The summed E-state index contributed by atoms with van der Waals surface area (Å²) in [6.07, 6.45) is 3.34. The van der Waals surface area contributed by atoms with E-state index < -0.39 is 0 Å². The SMILES string of the molecule is COC(=O)[C@@H]1C[C@@H](OC(=O)C2CCC2)CN1.Cl. The van der Waals surface area contributed by atoms with Gasteiger partial charge < -0.3 is 14.8 Å². The average Bonchev–Trinajstić information content (AvgIpc) is 2.62. The van der Waals surface area contributed by atoms with E-state index in [4.69, 9.17) is 4.74 Å². The smallest absolute Gasteiger partial charge is 0.323 e. The molecule has 6 heteroatoms. The molecule has 1 aliphatic carbocycles. The number of ether oxygens (including phenoxy) is 2. The van der Waals surface area contributed by atoms with Crippen molar-refractivity contribution in [2.24, 2.45) is 5.92 Å². The third-order valence-corrected chi connectivity index (χ3v) is 3.30. The maximum atomic E-state index is 11.6. The number of carbonyl (C=O) groups is 2. The lowest BCUT2D eigenvalue weighted by molar-refractivity contribution is -0.156. The van der Waals surface area contributed by atoms with Crippen LogP contribution in [0.1, 0.15) is 25.7 Å². The first-order valence-electron chi connectivity index (χ1n) is 5.72. The highest BCUT2D eigenvalue weighted by Gasteiger charge is 2.35. The van der Waals surface area contributed by atoms with Crippen LogP contribution in [-0.4, -0.2) is 37.7 Å². The molecule has 0 aromatic rings. The molecule has 2 rings (SSSR count). The average molecular weight is 264 g/mol. The first-order chi connectivity index (χ1) is 7.70. The minimum Gasteiger partial charge on any atom is -0.468 e. The van der Waals surface area contributed by atoms with Gasteiger partial charge in [-0.25, -0.2) is 0 Å². The molecule has 2 aliphatic rings. The van der Waals surface area contributed by atoms with Crippen molar-refractivity contribution in [1.82, 2.24) is 5.32 Å². The molecule has 1 saturated heterocycles. The molecule has 1 heterocycles. The summed E-state index contributed by atoms with van der Waals surface area (Å²) in [5, 5.41) is 2.99. The molecule has 98 valence electrons. The molecule has 0 unspecified atom stereocenters. The lowest BCUT2D eigenvalue weighted by atomic mass is 9.86. The monoisotopic (exact) mass is 263 g/mol. The number of esters is 2. The Bertz CT molecular complexity index is 293. The molecular formula is C11H18ClNO4. The van der Waals surface area contributed by atoms with Crippen molar-refractivity contribution in [2.75, 3.05) is 13.7 Å². The van der Waals surface area contributed by atoms with Crippen molar-refractivity contribution in [2.45, 2.75) is 37.8 Å². The van der Waals surface area contributed by atoms with E-state index in [2.05, 4.69) is 10.1 Å². The fraction of sp³-hybridized carbons (Fsp3) is 0.818. The van der Waals surface area contributed by atoms with Gasteiger partial charge in [-0.1, -0.05) is 6.42 Å². The summed E-state index contributed by atoms with van der Waals surface area (Å²) in [5.74, 6) is -0.303. The normalized spacial score (nSPS) is 27.8. The minimum atomic E-state index is -0.329. The van der Waals surface area contributed by atoms with E-state index in [9.17, 15) is 9.59 Å². The van der Waals surface area contributed by atoms with Gasteiger partial charge in [0.15, 0.2) is 0 Å².